The largest absolute Gasteiger partial charge is 0.462 e. The highest BCUT2D eigenvalue weighted by molar-refractivity contribution is 5.71. The lowest BCUT2D eigenvalue weighted by molar-refractivity contribution is -0.167. The van der Waals surface area contributed by atoms with Crippen molar-refractivity contribution < 1.29 is 28.6 Å². The molecule has 0 rings (SSSR count). The Balaban J connectivity index is 4.26. The zero-order valence-corrected chi connectivity index (χ0v) is 40.8. The standard InChI is InChI=1S/C54H104O6/c1-4-7-10-13-16-19-22-24-26-28-30-32-35-38-41-44-47-53(56)59-50-51(49-58-52(55)46-43-40-37-34-21-18-15-12-9-6-3)60-54(57)48-45-42-39-36-33-31-29-27-25-23-20-17-14-11-8-5-2/h51H,4-50H2,1-3H3/t51-/m0/s1. The Morgan fingerprint density at radius 1 is 0.267 bits per heavy atom. The smallest absolute Gasteiger partial charge is 0.306 e. The van der Waals surface area contributed by atoms with Crippen LogP contribution in [0.2, 0.25) is 0 Å². The summed E-state index contributed by atoms with van der Waals surface area (Å²) < 4.78 is 16.8. The maximum atomic E-state index is 12.8. The molecule has 0 aromatic rings. The first kappa shape index (κ1) is 58.4. The maximum absolute atomic E-state index is 12.8. The van der Waals surface area contributed by atoms with Crippen LogP contribution in [-0.4, -0.2) is 37.2 Å². The molecule has 0 N–H and O–H groups in total. The van der Waals surface area contributed by atoms with Crippen molar-refractivity contribution >= 4 is 17.9 Å². The van der Waals surface area contributed by atoms with Crippen LogP contribution in [0.4, 0.5) is 0 Å². The van der Waals surface area contributed by atoms with Gasteiger partial charge in [0.1, 0.15) is 13.2 Å². The Bertz CT molecular complexity index is 889. The van der Waals surface area contributed by atoms with Gasteiger partial charge in [0.15, 0.2) is 6.10 Å². The number of rotatable bonds is 50. The highest BCUT2D eigenvalue weighted by Gasteiger charge is 2.19. The molecule has 0 unspecified atom stereocenters. The van der Waals surface area contributed by atoms with E-state index in [1.807, 2.05) is 0 Å². The monoisotopic (exact) mass is 849 g/mol. The van der Waals surface area contributed by atoms with E-state index in [1.165, 1.54) is 212 Å². The summed E-state index contributed by atoms with van der Waals surface area (Å²) in [4.78, 5) is 37.9. The molecule has 0 aliphatic carbocycles. The van der Waals surface area contributed by atoms with Gasteiger partial charge in [-0.3, -0.25) is 14.4 Å². The van der Waals surface area contributed by atoms with E-state index in [1.54, 1.807) is 0 Å². The summed E-state index contributed by atoms with van der Waals surface area (Å²) in [6, 6.07) is 0. The molecule has 0 spiro atoms. The number of hydrogen-bond acceptors (Lipinski definition) is 6. The van der Waals surface area contributed by atoms with Crippen molar-refractivity contribution in [3.63, 3.8) is 0 Å². The summed E-state index contributed by atoms with van der Waals surface area (Å²) in [7, 11) is 0. The van der Waals surface area contributed by atoms with Crippen molar-refractivity contribution in [1.29, 1.82) is 0 Å². The van der Waals surface area contributed by atoms with Gasteiger partial charge in [0.2, 0.25) is 0 Å². The molecule has 0 radical (unpaired) electrons. The van der Waals surface area contributed by atoms with Gasteiger partial charge >= 0.3 is 17.9 Å². The molecule has 0 fully saturated rings. The molecule has 0 saturated heterocycles. The first-order chi connectivity index (χ1) is 29.5. The van der Waals surface area contributed by atoms with Crippen LogP contribution in [-0.2, 0) is 28.6 Å². The quantitative estimate of drug-likeness (QED) is 0.0345. The first-order valence-electron chi connectivity index (χ1n) is 27.0. The Kier molecular flexibility index (Phi) is 48.7. The third-order valence-electron chi connectivity index (χ3n) is 12.4. The van der Waals surface area contributed by atoms with E-state index in [9.17, 15) is 14.4 Å². The second kappa shape index (κ2) is 50.1. The number of carbonyl (C=O) groups is 3. The number of carbonyl (C=O) groups excluding carboxylic acids is 3. The Morgan fingerprint density at radius 3 is 0.667 bits per heavy atom. The van der Waals surface area contributed by atoms with Gasteiger partial charge in [-0.05, 0) is 19.3 Å². The molecule has 0 heterocycles. The molecule has 6 heteroatoms. The van der Waals surface area contributed by atoms with E-state index in [0.29, 0.717) is 19.3 Å². The van der Waals surface area contributed by atoms with Crippen LogP contribution in [0.5, 0.6) is 0 Å². The zero-order chi connectivity index (χ0) is 43.7. The van der Waals surface area contributed by atoms with Crippen LogP contribution in [0.15, 0.2) is 0 Å². The summed E-state index contributed by atoms with van der Waals surface area (Å²) in [6.07, 6.45) is 53.7. The predicted molar refractivity (Wildman–Crippen MR) is 257 cm³/mol. The van der Waals surface area contributed by atoms with Gasteiger partial charge in [0.25, 0.3) is 0 Å². The third kappa shape index (κ3) is 47.5. The normalized spacial score (nSPS) is 11.8. The van der Waals surface area contributed by atoms with Crippen LogP contribution in [0.3, 0.4) is 0 Å². The van der Waals surface area contributed by atoms with Crippen LogP contribution in [0.25, 0.3) is 0 Å². The fourth-order valence-electron chi connectivity index (χ4n) is 8.27. The van der Waals surface area contributed by atoms with Crippen molar-refractivity contribution in [3.05, 3.63) is 0 Å². The van der Waals surface area contributed by atoms with Crippen molar-refractivity contribution in [2.24, 2.45) is 0 Å². The molecule has 6 nitrogen and oxygen atoms in total. The maximum Gasteiger partial charge on any atom is 0.306 e. The van der Waals surface area contributed by atoms with E-state index < -0.39 is 6.10 Å². The lowest BCUT2D eigenvalue weighted by atomic mass is 10.0. The number of ether oxygens (including phenoxy) is 3. The van der Waals surface area contributed by atoms with Gasteiger partial charge < -0.3 is 14.2 Å². The van der Waals surface area contributed by atoms with Crippen molar-refractivity contribution in [3.8, 4) is 0 Å². The van der Waals surface area contributed by atoms with Crippen molar-refractivity contribution in [2.45, 2.75) is 316 Å². The van der Waals surface area contributed by atoms with E-state index in [-0.39, 0.29) is 31.1 Å². The minimum Gasteiger partial charge on any atom is -0.462 e. The second-order valence-corrected chi connectivity index (χ2v) is 18.5. The Hall–Kier alpha value is -1.59. The fourth-order valence-corrected chi connectivity index (χ4v) is 8.27. The Labute approximate surface area is 374 Å². The molecule has 0 aliphatic heterocycles. The average Bonchev–Trinajstić information content (AvgIpc) is 3.24. The summed E-state index contributed by atoms with van der Waals surface area (Å²) in [5.41, 5.74) is 0. The summed E-state index contributed by atoms with van der Waals surface area (Å²) in [6.45, 7) is 6.68. The number of esters is 3. The van der Waals surface area contributed by atoms with Crippen molar-refractivity contribution in [1.82, 2.24) is 0 Å². The fraction of sp³-hybridized carbons (Fsp3) is 0.944. The second-order valence-electron chi connectivity index (χ2n) is 18.5. The molecular weight excluding hydrogens is 745 g/mol. The van der Waals surface area contributed by atoms with Gasteiger partial charge in [-0.1, -0.05) is 271 Å². The van der Waals surface area contributed by atoms with Crippen LogP contribution >= 0.6 is 0 Å². The first-order valence-corrected chi connectivity index (χ1v) is 27.0. The molecule has 0 aromatic heterocycles. The van der Waals surface area contributed by atoms with Gasteiger partial charge in [0, 0.05) is 19.3 Å². The predicted octanol–water partition coefficient (Wildman–Crippen LogP) is 17.6. The topological polar surface area (TPSA) is 78.9 Å². The van der Waals surface area contributed by atoms with Crippen LogP contribution < -0.4 is 0 Å². The van der Waals surface area contributed by atoms with Gasteiger partial charge in [-0.2, -0.15) is 0 Å². The SMILES string of the molecule is CCCCCCCCCCCCCCCCCCC(=O)OC[C@H](COC(=O)CCCCCCCCCCCC)OC(=O)CCCCCCCCCCCCCCCCCC. The highest BCUT2D eigenvalue weighted by atomic mass is 16.6. The Morgan fingerprint density at radius 2 is 0.450 bits per heavy atom. The molecule has 0 aliphatic rings. The highest BCUT2D eigenvalue weighted by Crippen LogP contribution is 2.17. The molecule has 0 aromatic carbocycles. The number of unbranched alkanes of at least 4 members (excludes halogenated alkanes) is 39. The zero-order valence-electron chi connectivity index (χ0n) is 40.8. The average molecular weight is 849 g/mol. The van der Waals surface area contributed by atoms with E-state index in [4.69, 9.17) is 14.2 Å². The summed E-state index contributed by atoms with van der Waals surface area (Å²) >= 11 is 0. The summed E-state index contributed by atoms with van der Waals surface area (Å²) in [5, 5.41) is 0. The summed E-state index contributed by atoms with van der Waals surface area (Å²) in [5.74, 6) is -0.839. The number of hydrogen-bond donors (Lipinski definition) is 0. The molecule has 0 saturated carbocycles. The minimum absolute atomic E-state index is 0.0616. The lowest BCUT2D eigenvalue weighted by Crippen LogP contribution is -2.30. The molecule has 1 atom stereocenters. The third-order valence-corrected chi connectivity index (χ3v) is 12.4. The van der Waals surface area contributed by atoms with E-state index in [0.717, 1.165) is 57.8 Å². The van der Waals surface area contributed by atoms with Crippen LogP contribution in [0, 0.1) is 0 Å². The minimum atomic E-state index is -0.759. The molecule has 356 valence electrons. The van der Waals surface area contributed by atoms with Gasteiger partial charge in [-0.15, -0.1) is 0 Å². The van der Waals surface area contributed by atoms with E-state index >= 15 is 0 Å². The lowest BCUT2D eigenvalue weighted by Gasteiger charge is -2.18. The molecule has 0 bridgehead atoms. The molecule has 0 amide bonds. The van der Waals surface area contributed by atoms with E-state index in [2.05, 4.69) is 20.8 Å². The van der Waals surface area contributed by atoms with Crippen molar-refractivity contribution in [2.75, 3.05) is 13.2 Å². The van der Waals surface area contributed by atoms with Gasteiger partial charge in [0.05, 0.1) is 0 Å². The van der Waals surface area contributed by atoms with Crippen LogP contribution in [0.1, 0.15) is 310 Å². The molecule has 60 heavy (non-hydrogen) atoms. The molecular formula is C54H104O6. The van der Waals surface area contributed by atoms with Gasteiger partial charge in [-0.25, -0.2) is 0 Å².